The van der Waals surface area contributed by atoms with Crippen molar-refractivity contribution in [1.82, 2.24) is 10.6 Å². The number of hydrogen-bond donors (Lipinski definition) is 4. The fourth-order valence-corrected chi connectivity index (χ4v) is 2.22. The maximum Gasteiger partial charge on any atom is 0.246 e. The highest BCUT2D eigenvalue weighted by Gasteiger charge is 2.34. The second-order valence-corrected chi connectivity index (χ2v) is 5.61. The Morgan fingerprint density at radius 2 is 1.86 bits per heavy atom. The van der Waals surface area contributed by atoms with Gasteiger partial charge in [0.2, 0.25) is 17.7 Å². The summed E-state index contributed by atoms with van der Waals surface area (Å²) in [5.41, 5.74) is 4.76. The number of nitrogens with one attached hydrogen (secondary N) is 2. The molecule has 0 aliphatic carbocycles. The molecule has 120 valence electrons. The molecule has 0 fully saturated rings. The minimum absolute atomic E-state index is 0.205. The van der Waals surface area contributed by atoms with Crippen molar-refractivity contribution in [3.05, 3.63) is 35.9 Å². The van der Waals surface area contributed by atoms with Crippen molar-refractivity contribution in [2.45, 2.75) is 25.3 Å². The van der Waals surface area contributed by atoms with Crippen LogP contribution in [0.5, 0.6) is 0 Å². The Morgan fingerprint density at radius 3 is 2.41 bits per heavy atom. The largest absolute Gasteiger partial charge is 0.368 e. The molecule has 7 heteroatoms. The van der Waals surface area contributed by atoms with Crippen LogP contribution in [-0.2, 0) is 20.8 Å². The van der Waals surface area contributed by atoms with Crippen molar-refractivity contribution in [3.63, 3.8) is 0 Å². The number of benzene rings is 1. The van der Waals surface area contributed by atoms with E-state index in [-0.39, 0.29) is 18.9 Å². The van der Waals surface area contributed by atoms with Gasteiger partial charge in [-0.05, 0) is 18.2 Å². The van der Waals surface area contributed by atoms with E-state index in [4.69, 9.17) is 5.73 Å². The number of hydrogen-bond acceptors (Lipinski definition) is 4. The normalized spacial score (nSPS) is 13.0. The number of thiol groups is 1. The van der Waals surface area contributed by atoms with Crippen LogP contribution in [0.1, 0.15) is 18.9 Å². The van der Waals surface area contributed by atoms with Gasteiger partial charge < -0.3 is 16.4 Å². The molecule has 0 bridgehead atoms. The summed E-state index contributed by atoms with van der Waals surface area (Å²) in [6, 6.07) is 9.31. The monoisotopic (exact) mass is 323 g/mol. The van der Waals surface area contributed by atoms with E-state index in [1.54, 1.807) is 6.92 Å². The molecule has 4 N–H and O–H groups in total. The van der Waals surface area contributed by atoms with Gasteiger partial charge in [-0.2, -0.15) is 12.6 Å². The highest BCUT2D eigenvalue weighted by Crippen LogP contribution is 2.14. The van der Waals surface area contributed by atoms with Gasteiger partial charge in [-0.1, -0.05) is 30.3 Å². The van der Waals surface area contributed by atoms with E-state index in [1.165, 1.54) is 0 Å². The molecule has 22 heavy (non-hydrogen) atoms. The molecule has 6 nitrogen and oxygen atoms in total. The van der Waals surface area contributed by atoms with Crippen LogP contribution in [0.4, 0.5) is 0 Å². The minimum Gasteiger partial charge on any atom is -0.368 e. The number of rotatable bonds is 8. The predicted octanol–water partition coefficient (Wildman–Crippen LogP) is 0.0254. The molecular weight excluding hydrogens is 302 g/mol. The molecule has 0 aliphatic rings. The predicted molar refractivity (Wildman–Crippen MR) is 87.4 cm³/mol. The number of carbonyl (C=O) groups is 3. The van der Waals surface area contributed by atoms with Crippen LogP contribution in [0, 0.1) is 0 Å². The smallest absolute Gasteiger partial charge is 0.246 e. The van der Waals surface area contributed by atoms with Gasteiger partial charge >= 0.3 is 0 Å². The Hall–Kier alpha value is -2.02. The van der Waals surface area contributed by atoms with Gasteiger partial charge in [0.1, 0.15) is 5.54 Å². The molecule has 1 aromatic rings. The van der Waals surface area contributed by atoms with Gasteiger partial charge in [-0.3, -0.25) is 14.4 Å². The van der Waals surface area contributed by atoms with Crippen LogP contribution in [0.3, 0.4) is 0 Å². The van der Waals surface area contributed by atoms with E-state index in [2.05, 4.69) is 23.3 Å². The zero-order valence-corrected chi connectivity index (χ0v) is 13.4. The number of nitrogens with two attached hydrogens (primary N) is 1. The molecule has 1 atom stereocenters. The summed E-state index contributed by atoms with van der Waals surface area (Å²) >= 11 is 4.01. The topological polar surface area (TPSA) is 101 Å². The molecule has 1 aromatic carbocycles. The first-order valence-corrected chi connectivity index (χ1v) is 7.53. The highest BCUT2D eigenvalue weighted by molar-refractivity contribution is 7.80. The van der Waals surface area contributed by atoms with Crippen LogP contribution >= 0.6 is 12.6 Å². The summed E-state index contributed by atoms with van der Waals surface area (Å²) in [5, 5.41) is 5.16. The summed E-state index contributed by atoms with van der Waals surface area (Å²) in [4.78, 5) is 35.0. The maximum atomic E-state index is 12.4. The van der Waals surface area contributed by atoms with Crippen molar-refractivity contribution in [3.8, 4) is 0 Å². The van der Waals surface area contributed by atoms with E-state index in [0.29, 0.717) is 12.2 Å². The third-order valence-electron chi connectivity index (χ3n) is 3.08. The molecule has 3 amide bonds. The van der Waals surface area contributed by atoms with Crippen molar-refractivity contribution in [2.75, 3.05) is 12.3 Å². The zero-order valence-electron chi connectivity index (χ0n) is 12.5. The second-order valence-electron chi connectivity index (χ2n) is 5.17. The molecule has 0 saturated heterocycles. The quantitative estimate of drug-likeness (QED) is 0.508. The van der Waals surface area contributed by atoms with Crippen molar-refractivity contribution < 1.29 is 14.4 Å². The van der Waals surface area contributed by atoms with E-state index in [1.807, 2.05) is 30.3 Å². The summed E-state index contributed by atoms with van der Waals surface area (Å²) in [6.45, 7) is 1.35. The molecule has 0 spiro atoms. The molecule has 0 radical (unpaired) electrons. The van der Waals surface area contributed by atoms with Gasteiger partial charge in [-0.25, -0.2) is 0 Å². The SMILES string of the molecule is CC(Cc1ccccc1)(NC(=O)CCS)C(=O)NCC(N)=O. The first-order chi connectivity index (χ1) is 10.4. The van der Waals surface area contributed by atoms with E-state index in [9.17, 15) is 14.4 Å². The minimum atomic E-state index is -1.17. The number of amides is 3. The molecule has 0 aliphatic heterocycles. The molecule has 0 saturated carbocycles. The Bertz CT molecular complexity index is 536. The van der Waals surface area contributed by atoms with Gasteiger partial charge in [0.05, 0.1) is 6.54 Å². The summed E-state index contributed by atoms with van der Waals surface area (Å²) in [6.07, 6.45) is 0.507. The molecular formula is C15H21N3O3S. The molecule has 0 aromatic heterocycles. The van der Waals surface area contributed by atoms with Crippen molar-refractivity contribution >= 4 is 30.4 Å². The Kier molecular flexibility index (Phi) is 6.91. The van der Waals surface area contributed by atoms with Gasteiger partial charge in [-0.15, -0.1) is 0 Å². The van der Waals surface area contributed by atoms with Crippen LogP contribution in [0.2, 0.25) is 0 Å². The van der Waals surface area contributed by atoms with E-state index < -0.39 is 17.4 Å². The van der Waals surface area contributed by atoms with Crippen LogP contribution in [0.25, 0.3) is 0 Å². The first kappa shape index (κ1) is 18.0. The maximum absolute atomic E-state index is 12.4. The Morgan fingerprint density at radius 1 is 1.23 bits per heavy atom. The standard InChI is InChI=1S/C15H21N3O3S/c1-15(18-13(20)7-8-22,14(21)17-10-12(16)19)9-11-5-3-2-4-6-11/h2-6,22H,7-10H2,1H3,(H2,16,19)(H,17,21)(H,18,20). The summed E-state index contributed by atoms with van der Waals surface area (Å²) in [7, 11) is 0. The fourth-order valence-electron chi connectivity index (χ4n) is 2.02. The highest BCUT2D eigenvalue weighted by atomic mass is 32.1. The number of carbonyl (C=O) groups excluding carboxylic acids is 3. The number of primary amides is 1. The van der Waals surface area contributed by atoms with Crippen LogP contribution in [0.15, 0.2) is 30.3 Å². The lowest BCUT2D eigenvalue weighted by molar-refractivity contribution is -0.133. The van der Waals surface area contributed by atoms with Gasteiger partial charge in [0.15, 0.2) is 0 Å². The molecule has 0 heterocycles. The van der Waals surface area contributed by atoms with Crippen molar-refractivity contribution in [1.29, 1.82) is 0 Å². The third-order valence-corrected chi connectivity index (χ3v) is 3.30. The summed E-state index contributed by atoms with van der Waals surface area (Å²) in [5.74, 6) is -0.988. The lowest BCUT2D eigenvalue weighted by atomic mass is 9.91. The van der Waals surface area contributed by atoms with Gasteiger partial charge in [0.25, 0.3) is 0 Å². The molecule has 1 rings (SSSR count). The second kappa shape index (κ2) is 8.43. The molecule has 1 unspecified atom stereocenters. The van der Waals surface area contributed by atoms with E-state index in [0.717, 1.165) is 5.56 Å². The first-order valence-electron chi connectivity index (χ1n) is 6.90. The third kappa shape index (κ3) is 5.77. The fraction of sp³-hybridized carbons (Fsp3) is 0.400. The van der Waals surface area contributed by atoms with Crippen LogP contribution in [-0.4, -0.2) is 35.6 Å². The van der Waals surface area contributed by atoms with E-state index >= 15 is 0 Å². The Labute approximate surface area is 135 Å². The average molecular weight is 323 g/mol. The summed E-state index contributed by atoms with van der Waals surface area (Å²) < 4.78 is 0. The van der Waals surface area contributed by atoms with Gasteiger partial charge in [0, 0.05) is 12.8 Å². The lowest BCUT2D eigenvalue weighted by Gasteiger charge is -2.29. The van der Waals surface area contributed by atoms with Crippen molar-refractivity contribution in [2.24, 2.45) is 5.73 Å². The average Bonchev–Trinajstić information content (AvgIpc) is 2.45. The lowest BCUT2D eigenvalue weighted by Crippen LogP contribution is -2.59. The Balaban J connectivity index is 2.89. The van der Waals surface area contributed by atoms with Crippen LogP contribution < -0.4 is 16.4 Å². The zero-order chi connectivity index (χ0) is 16.6.